The van der Waals surface area contributed by atoms with Crippen molar-refractivity contribution in [2.24, 2.45) is 5.92 Å². The Morgan fingerprint density at radius 1 is 1.23 bits per heavy atom. The summed E-state index contributed by atoms with van der Waals surface area (Å²) in [6.07, 6.45) is 4.02. The topological polar surface area (TPSA) is 75.7 Å². The third-order valence-electron chi connectivity index (χ3n) is 5.28. The van der Waals surface area contributed by atoms with Crippen molar-refractivity contribution >= 4 is 35.1 Å². The van der Waals surface area contributed by atoms with Crippen LogP contribution >= 0.6 is 11.6 Å². The van der Waals surface area contributed by atoms with E-state index in [0.29, 0.717) is 23.6 Å². The van der Waals surface area contributed by atoms with Gasteiger partial charge in [-0.25, -0.2) is 4.79 Å². The molecular weight excluding hydrogens is 356 g/mol. The number of carbonyl (C=O) groups excluding carboxylic acids is 3. The average molecular weight is 379 g/mol. The number of methoxy groups -OCH3 is 1. The Morgan fingerprint density at radius 3 is 2.58 bits per heavy atom. The third kappa shape index (κ3) is 3.56. The van der Waals surface area contributed by atoms with Gasteiger partial charge in [0.15, 0.2) is 0 Å². The highest BCUT2D eigenvalue weighted by Gasteiger charge is 2.45. The summed E-state index contributed by atoms with van der Waals surface area (Å²) in [7, 11) is 1.34. The molecule has 3 rings (SSSR count). The van der Waals surface area contributed by atoms with Gasteiger partial charge in [-0.2, -0.15) is 0 Å². The number of benzene rings is 1. The highest BCUT2D eigenvalue weighted by molar-refractivity contribution is 6.33. The molecule has 1 aromatic carbocycles. The third-order valence-corrected chi connectivity index (χ3v) is 5.60. The van der Waals surface area contributed by atoms with E-state index in [9.17, 15) is 14.4 Å². The summed E-state index contributed by atoms with van der Waals surface area (Å²) in [6, 6.07) is 7.07. The standard InChI is InChI=1S/C19H23ClN2O4/c1-26-18(25)19(9-5-2-6-10-19)21-17(24)13-11-16(23)22(12-13)15-8-4-3-7-14(15)20/h3-4,7-8,13H,2,5-6,9-12H2,1H3,(H,21,24)/t13-/m1/s1. The molecule has 1 saturated carbocycles. The Morgan fingerprint density at radius 2 is 1.92 bits per heavy atom. The summed E-state index contributed by atoms with van der Waals surface area (Å²) >= 11 is 6.18. The highest BCUT2D eigenvalue weighted by atomic mass is 35.5. The Hall–Kier alpha value is -2.08. The SMILES string of the molecule is COC(=O)C1(NC(=O)[C@@H]2CC(=O)N(c3ccccc3Cl)C2)CCCCC1. The second-order valence-electron chi connectivity index (χ2n) is 6.98. The van der Waals surface area contributed by atoms with Gasteiger partial charge in [-0.1, -0.05) is 43.0 Å². The first-order valence-electron chi connectivity index (χ1n) is 8.92. The first kappa shape index (κ1) is 18.7. The minimum absolute atomic E-state index is 0.105. The quantitative estimate of drug-likeness (QED) is 0.817. The van der Waals surface area contributed by atoms with Gasteiger partial charge < -0.3 is 15.0 Å². The summed E-state index contributed by atoms with van der Waals surface area (Å²) in [5.41, 5.74) is -0.361. The number of rotatable bonds is 4. The number of hydrogen-bond acceptors (Lipinski definition) is 4. The number of amides is 2. The molecule has 1 N–H and O–H groups in total. The molecule has 6 nitrogen and oxygen atoms in total. The number of ether oxygens (including phenoxy) is 1. The molecule has 1 saturated heterocycles. The van der Waals surface area contributed by atoms with Gasteiger partial charge in [0, 0.05) is 13.0 Å². The fourth-order valence-corrected chi connectivity index (χ4v) is 4.09. The maximum absolute atomic E-state index is 12.8. The van der Waals surface area contributed by atoms with E-state index in [1.165, 1.54) is 12.0 Å². The minimum atomic E-state index is -0.967. The van der Waals surface area contributed by atoms with Crippen molar-refractivity contribution in [3.8, 4) is 0 Å². The van der Waals surface area contributed by atoms with Crippen LogP contribution in [0.15, 0.2) is 24.3 Å². The Kier molecular flexibility index (Phi) is 5.51. The van der Waals surface area contributed by atoms with Crippen molar-refractivity contribution in [3.05, 3.63) is 29.3 Å². The smallest absolute Gasteiger partial charge is 0.331 e. The summed E-state index contributed by atoms with van der Waals surface area (Å²) in [6.45, 7) is 0.256. The summed E-state index contributed by atoms with van der Waals surface area (Å²) in [4.78, 5) is 39.1. The molecule has 0 spiro atoms. The lowest BCUT2D eigenvalue weighted by Gasteiger charge is -2.35. The molecule has 1 heterocycles. The number of anilines is 1. The zero-order chi connectivity index (χ0) is 18.7. The predicted molar refractivity (Wildman–Crippen MR) is 97.9 cm³/mol. The van der Waals surface area contributed by atoms with Crippen LogP contribution in [0.3, 0.4) is 0 Å². The zero-order valence-corrected chi connectivity index (χ0v) is 15.6. The fourth-order valence-electron chi connectivity index (χ4n) is 3.86. The molecule has 1 atom stereocenters. The van der Waals surface area contributed by atoms with Gasteiger partial charge in [0.05, 0.1) is 23.7 Å². The maximum Gasteiger partial charge on any atom is 0.331 e. The van der Waals surface area contributed by atoms with E-state index in [1.807, 2.05) is 0 Å². The van der Waals surface area contributed by atoms with Gasteiger partial charge in [0.2, 0.25) is 11.8 Å². The van der Waals surface area contributed by atoms with E-state index in [1.54, 1.807) is 24.3 Å². The number of nitrogens with zero attached hydrogens (tertiary/aromatic N) is 1. The van der Waals surface area contributed by atoms with Crippen LogP contribution in [0.1, 0.15) is 38.5 Å². The van der Waals surface area contributed by atoms with E-state index in [4.69, 9.17) is 16.3 Å². The molecule has 1 aromatic rings. The second kappa shape index (κ2) is 7.66. The second-order valence-corrected chi connectivity index (χ2v) is 7.39. The molecule has 26 heavy (non-hydrogen) atoms. The van der Waals surface area contributed by atoms with E-state index < -0.39 is 17.4 Å². The van der Waals surface area contributed by atoms with Crippen molar-refractivity contribution in [2.75, 3.05) is 18.6 Å². The first-order chi connectivity index (χ1) is 12.5. The summed E-state index contributed by atoms with van der Waals surface area (Å²) < 4.78 is 4.94. The molecule has 140 valence electrons. The van der Waals surface area contributed by atoms with Crippen LogP contribution in [0.25, 0.3) is 0 Å². The van der Waals surface area contributed by atoms with Crippen molar-refractivity contribution < 1.29 is 19.1 Å². The van der Waals surface area contributed by atoms with Crippen LogP contribution in [-0.2, 0) is 19.1 Å². The van der Waals surface area contributed by atoms with Gasteiger partial charge in [-0.3, -0.25) is 9.59 Å². The number of halogens is 1. The average Bonchev–Trinajstić information content (AvgIpc) is 3.04. The van der Waals surface area contributed by atoms with Crippen molar-refractivity contribution in [1.82, 2.24) is 5.32 Å². The van der Waals surface area contributed by atoms with E-state index >= 15 is 0 Å². The predicted octanol–water partition coefficient (Wildman–Crippen LogP) is 2.69. The largest absolute Gasteiger partial charge is 0.467 e. The molecule has 2 amide bonds. The van der Waals surface area contributed by atoms with Crippen LogP contribution in [0.4, 0.5) is 5.69 Å². The number of hydrogen-bond donors (Lipinski definition) is 1. The van der Waals surface area contributed by atoms with Gasteiger partial charge >= 0.3 is 5.97 Å². The highest BCUT2D eigenvalue weighted by Crippen LogP contribution is 2.33. The van der Waals surface area contributed by atoms with Crippen LogP contribution in [-0.4, -0.2) is 37.0 Å². The zero-order valence-electron chi connectivity index (χ0n) is 14.8. The van der Waals surface area contributed by atoms with Crippen molar-refractivity contribution in [2.45, 2.75) is 44.1 Å². The lowest BCUT2D eigenvalue weighted by atomic mass is 9.81. The van der Waals surface area contributed by atoms with Gasteiger partial charge in [-0.15, -0.1) is 0 Å². The monoisotopic (exact) mass is 378 g/mol. The van der Waals surface area contributed by atoms with Gasteiger partial charge in [0.25, 0.3) is 0 Å². The molecule has 0 bridgehead atoms. The van der Waals surface area contributed by atoms with E-state index in [2.05, 4.69) is 5.32 Å². The Balaban J connectivity index is 1.73. The molecule has 2 aliphatic rings. The van der Waals surface area contributed by atoms with E-state index in [-0.39, 0.29) is 24.8 Å². The van der Waals surface area contributed by atoms with Crippen molar-refractivity contribution in [3.63, 3.8) is 0 Å². The maximum atomic E-state index is 12.8. The molecule has 2 fully saturated rings. The molecule has 1 aliphatic heterocycles. The Bertz CT molecular complexity index is 715. The normalized spacial score (nSPS) is 22.2. The van der Waals surface area contributed by atoms with E-state index in [0.717, 1.165) is 19.3 Å². The first-order valence-corrected chi connectivity index (χ1v) is 9.30. The molecule has 0 unspecified atom stereocenters. The van der Waals surface area contributed by atoms with Gasteiger partial charge in [0.1, 0.15) is 5.54 Å². The van der Waals surface area contributed by atoms with Gasteiger partial charge in [-0.05, 0) is 25.0 Å². The minimum Gasteiger partial charge on any atom is -0.467 e. The number of esters is 1. The number of nitrogens with one attached hydrogen (secondary N) is 1. The van der Waals surface area contributed by atoms with Crippen LogP contribution in [0.2, 0.25) is 5.02 Å². The molecule has 7 heteroatoms. The number of para-hydroxylation sites is 1. The molecule has 0 radical (unpaired) electrons. The van der Waals surface area contributed by atoms with Crippen LogP contribution < -0.4 is 10.2 Å². The summed E-state index contributed by atoms with van der Waals surface area (Å²) in [5.74, 6) is -1.34. The van der Waals surface area contributed by atoms with Crippen LogP contribution in [0.5, 0.6) is 0 Å². The summed E-state index contributed by atoms with van der Waals surface area (Å²) in [5, 5.41) is 3.38. The lowest BCUT2D eigenvalue weighted by Crippen LogP contribution is -2.57. The fraction of sp³-hybridized carbons (Fsp3) is 0.526. The van der Waals surface area contributed by atoms with Crippen molar-refractivity contribution in [1.29, 1.82) is 0 Å². The lowest BCUT2D eigenvalue weighted by molar-refractivity contribution is -0.153. The molecular formula is C19H23ClN2O4. The number of carbonyl (C=O) groups is 3. The Labute approximate surface area is 157 Å². The van der Waals surface area contributed by atoms with Crippen LogP contribution in [0, 0.1) is 5.92 Å². The molecule has 0 aromatic heterocycles. The molecule has 1 aliphatic carbocycles.